The second-order valence-corrected chi connectivity index (χ2v) is 12.2. The van der Waals surface area contributed by atoms with Crippen LogP contribution in [0.4, 0.5) is 0 Å². The Morgan fingerprint density at radius 1 is 0.444 bits per heavy atom. The third kappa shape index (κ3) is 6.87. The molecular weight excluding hydrogens is 438 g/mol. The lowest BCUT2D eigenvalue weighted by molar-refractivity contribution is 0.411. The number of hydrogen-bond donors (Lipinski definition) is 0. The maximum absolute atomic E-state index is 4.92. The van der Waals surface area contributed by atoms with Crippen LogP contribution in [0.15, 0.2) is 72.8 Å². The molecule has 0 saturated heterocycles. The highest BCUT2D eigenvalue weighted by Gasteiger charge is 2.15. The van der Waals surface area contributed by atoms with E-state index in [4.69, 9.17) is 15.0 Å². The molecule has 4 aromatic rings. The van der Waals surface area contributed by atoms with Crippen molar-refractivity contribution in [2.45, 2.75) is 67.7 Å². The van der Waals surface area contributed by atoms with E-state index in [0.717, 1.165) is 36.0 Å². The van der Waals surface area contributed by atoms with Crippen LogP contribution in [0.5, 0.6) is 0 Å². The summed E-state index contributed by atoms with van der Waals surface area (Å²) in [4.78, 5) is 14.7. The van der Waals surface area contributed by atoms with Crippen LogP contribution in [0.1, 0.15) is 65.2 Å². The van der Waals surface area contributed by atoms with E-state index in [-0.39, 0.29) is 10.8 Å². The van der Waals surface area contributed by atoms with Gasteiger partial charge in [0, 0.05) is 16.7 Å². The van der Waals surface area contributed by atoms with Crippen molar-refractivity contribution in [3.8, 4) is 34.2 Å². The first kappa shape index (κ1) is 25.8. The highest BCUT2D eigenvalue weighted by Crippen LogP contribution is 2.28. The molecule has 0 spiro atoms. The summed E-state index contributed by atoms with van der Waals surface area (Å²) in [5.41, 5.74) is 7.47. The summed E-state index contributed by atoms with van der Waals surface area (Å²) in [5, 5.41) is 0. The average molecular weight is 478 g/mol. The molecule has 186 valence electrons. The monoisotopic (exact) mass is 477 g/mol. The van der Waals surface area contributed by atoms with Crippen molar-refractivity contribution in [3.05, 3.63) is 89.5 Å². The summed E-state index contributed by atoms with van der Waals surface area (Å²) >= 11 is 0. The first-order valence-corrected chi connectivity index (χ1v) is 13.0. The average Bonchev–Trinajstić information content (AvgIpc) is 2.83. The molecule has 0 aliphatic heterocycles. The van der Waals surface area contributed by atoms with Crippen LogP contribution in [0.25, 0.3) is 34.2 Å². The first-order chi connectivity index (χ1) is 17.0. The molecule has 3 heteroatoms. The van der Waals surface area contributed by atoms with E-state index in [1.165, 1.54) is 16.7 Å². The minimum Gasteiger partial charge on any atom is -0.208 e. The number of hydrogen-bond acceptors (Lipinski definition) is 3. The minimum absolute atomic E-state index is 0.249. The van der Waals surface area contributed by atoms with Crippen molar-refractivity contribution in [3.63, 3.8) is 0 Å². The van der Waals surface area contributed by atoms with Gasteiger partial charge in [-0.15, -0.1) is 0 Å². The number of nitrogens with zero attached hydrogens (tertiary/aromatic N) is 3. The smallest absolute Gasteiger partial charge is 0.164 e. The van der Waals surface area contributed by atoms with E-state index < -0.39 is 0 Å². The topological polar surface area (TPSA) is 38.7 Å². The molecule has 0 saturated carbocycles. The lowest BCUT2D eigenvalue weighted by atomic mass is 9.88. The fourth-order valence-corrected chi connectivity index (χ4v) is 4.42. The predicted octanol–water partition coefficient (Wildman–Crippen LogP) is 8.61. The standard InChI is InChI=1S/C33H39N3/c1-8-23-9-15-26(16-10-23)29-34-30(27-17-11-24(12-18-27)21-32(2,3)4)36-31(35-29)28-19-13-25(14-20-28)22-33(5,6)7/h9-20H,8,21-22H2,1-7H3. The highest BCUT2D eigenvalue weighted by molar-refractivity contribution is 5.66. The van der Waals surface area contributed by atoms with E-state index in [9.17, 15) is 0 Å². The van der Waals surface area contributed by atoms with E-state index >= 15 is 0 Å². The Bertz CT molecular complexity index is 1210. The molecule has 0 aliphatic carbocycles. The summed E-state index contributed by atoms with van der Waals surface area (Å²) < 4.78 is 0. The van der Waals surface area contributed by atoms with Gasteiger partial charge < -0.3 is 0 Å². The summed E-state index contributed by atoms with van der Waals surface area (Å²) in [6.07, 6.45) is 3.08. The molecule has 0 aliphatic rings. The van der Waals surface area contributed by atoms with Crippen molar-refractivity contribution in [1.29, 1.82) is 0 Å². The Kier molecular flexibility index (Phi) is 7.40. The van der Waals surface area contributed by atoms with Gasteiger partial charge in [-0.3, -0.25) is 0 Å². The largest absolute Gasteiger partial charge is 0.208 e. The number of benzene rings is 3. The highest BCUT2D eigenvalue weighted by atomic mass is 15.0. The first-order valence-electron chi connectivity index (χ1n) is 13.0. The molecule has 4 rings (SSSR count). The van der Waals surface area contributed by atoms with Crippen LogP contribution in [-0.2, 0) is 19.3 Å². The molecule has 3 nitrogen and oxygen atoms in total. The van der Waals surface area contributed by atoms with Crippen molar-refractivity contribution in [2.75, 3.05) is 0 Å². The van der Waals surface area contributed by atoms with Gasteiger partial charge in [-0.05, 0) is 46.8 Å². The zero-order valence-electron chi connectivity index (χ0n) is 22.9. The quantitative estimate of drug-likeness (QED) is 0.279. The predicted molar refractivity (Wildman–Crippen MR) is 152 cm³/mol. The Balaban J connectivity index is 1.75. The molecule has 0 amide bonds. The van der Waals surface area contributed by atoms with Gasteiger partial charge in [0.2, 0.25) is 0 Å². The van der Waals surface area contributed by atoms with Crippen LogP contribution < -0.4 is 0 Å². The maximum atomic E-state index is 4.92. The summed E-state index contributed by atoms with van der Waals surface area (Å²) in [5.74, 6) is 2.11. The van der Waals surface area contributed by atoms with Crippen LogP contribution >= 0.6 is 0 Å². The van der Waals surface area contributed by atoms with Crippen LogP contribution in [-0.4, -0.2) is 15.0 Å². The van der Waals surface area contributed by atoms with Crippen molar-refractivity contribution >= 4 is 0 Å². The lowest BCUT2D eigenvalue weighted by Gasteiger charge is -2.18. The van der Waals surface area contributed by atoms with E-state index in [2.05, 4.69) is 121 Å². The Hall–Kier alpha value is -3.33. The fraction of sp³-hybridized carbons (Fsp3) is 0.364. The Morgan fingerprint density at radius 2 is 0.722 bits per heavy atom. The summed E-state index contributed by atoms with van der Waals surface area (Å²) in [6.45, 7) is 15.8. The molecule has 0 atom stereocenters. The molecule has 0 N–H and O–H groups in total. The second-order valence-electron chi connectivity index (χ2n) is 12.2. The molecular formula is C33H39N3. The van der Waals surface area contributed by atoms with E-state index in [1.807, 2.05) is 0 Å². The van der Waals surface area contributed by atoms with Gasteiger partial charge in [0.05, 0.1) is 0 Å². The zero-order valence-corrected chi connectivity index (χ0v) is 22.9. The van der Waals surface area contributed by atoms with Gasteiger partial charge in [0.25, 0.3) is 0 Å². The Labute approximate surface area is 217 Å². The molecule has 36 heavy (non-hydrogen) atoms. The number of rotatable bonds is 6. The van der Waals surface area contributed by atoms with E-state index in [0.29, 0.717) is 17.5 Å². The van der Waals surface area contributed by atoms with Crippen molar-refractivity contribution in [1.82, 2.24) is 15.0 Å². The molecule has 0 bridgehead atoms. The van der Waals surface area contributed by atoms with E-state index in [1.54, 1.807) is 0 Å². The van der Waals surface area contributed by atoms with Gasteiger partial charge >= 0.3 is 0 Å². The lowest BCUT2D eigenvalue weighted by Crippen LogP contribution is -2.09. The van der Waals surface area contributed by atoms with Gasteiger partial charge in [-0.2, -0.15) is 0 Å². The van der Waals surface area contributed by atoms with Gasteiger partial charge in [0.1, 0.15) is 0 Å². The third-order valence-electron chi connectivity index (χ3n) is 6.15. The van der Waals surface area contributed by atoms with Gasteiger partial charge in [-0.1, -0.05) is 121 Å². The van der Waals surface area contributed by atoms with Gasteiger partial charge in [-0.25, -0.2) is 15.0 Å². The summed E-state index contributed by atoms with van der Waals surface area (Å²) in [6, 6.07) is 25.9. The molecule has 0 radical (unpaired) electrons. The number of aromatic nitrogens is 3. The zero-order chi connectivity index (χ0) is 25.9. The SMILES string of the molecule is CCc1ccc(-c2nc(-c3ccc(CC(C)(C)C)cc3)nc(-c3ccc(CC(C)(C)C)cc3)n2)cc1. The fourth-order valence-electron chi connectivity index (χ4n) is 4.42. The number of aryl methyl sites for hydroxylation is 1. The minimum atomic E-state index is 0.249. The molecule has 3 aromatic carbocycles. The third-order valence-corrected chi connectivity index (χ3v) is 6.15. The normalized spacial score (nSPS) is 12.1. The second kappa shape index (κ2) is 10.3. The summed E-state index contributed by atoms with van der Waals surface area (Å²) in [7, 11) is 0. The molecule has 1 aromatic heterocycles. The molecule has 1 heterocycles. The van der Waals surface area contributed by atoms with Crippen LogP contribution in [0, 0.1) is 10.8 Å². The Morgan fingerprint density at radius 3 is 0.972 bits per heavy atom. The molecule has 0 fully saturated rings. The van der Waals surface area contributed by atoms with Crippen molar-refractivity contribution < 1.29 is 0 Å². The van der Waals surface area contributed by atoms with Crippen LogP contribution in [0.2, 0.25) is 0 Å². The van der Waals surface area contributed by atoms with Crippen LogP contribution in [0.3, 0.4) is 0 Å². The molecule has 0 unspecified atom stereocenters. The van der Waals surface area contributed by atoms with Crippen molar-refractivity contribution in [2.24, 2.45) is 10.8 Å². The van der Waals surface area contributed by atoms with Gasteiger partial charge in [0.15, 0.2) is 17.5 Å². The maximum Gasteiger partial charge on any atom is 0.164 e.